The first-order chi connectivity index (χ1) is 69.6. The summed E-state index contributed by atoms with van der Waals surface area (Å²) in [6.45, 7) is 9.57. The lowest BCUT2D eigenvalue weighted by atomic mass is 9.97. The van der Waals surface area contributed by atoms with Gasteiger partial charge in [-0.3, -0.25) is 111 Å². The molecule has 21 amide bonds. The molecule has 0 saturated heterocycles. The molecular formula is C89H145N29O29S. The Morgan fingerprint density at radius 3 is 1.27 bits per heavy atom. The highest BCUT2D eigenvalue weighted by Gasteiger charge is 2.42. The molecule has 148 heavy (non-hydrogen) atoms. The highest BCUT2D eigenvalue weighted by atomic mass is 32.1. The molecule has 3 rings (SSSR count). The van der Waals surface area contributed by atoms with E-state index >= 15 is 0 Å². The number of carbonyl (C=O) groups is 22. The van der Waals surface area contributed by atoms with Crippen molar-refractivity contribution >= 4 is 160 Å². The van der Waals surface area contributed by atoms with Crippen LogP contribution in [0.4, 0.5) is 0 Å². The highest BCUT2D eigenvalue weighted by Crippen LogP contribution is 2.21. The number of nitrogens with two attached hydrogens (primary N) is 5. The molecule has 0 aliphatic rings. The van der Waals surface area contributed by atoms with E-state index in [2.05, 4.69) is 134 Å². The zero-order valence-electron chi connectivity index (χ0n) is 83.9. The molecule has 0 unspecified atom stereocenters. The van der Waals surface area contributed by atoms with Crippen molar-refractivity contribution in [1.82, 2.24) is 121 Å². The number of aromatic nitrogens is 3. The zero-order valence-corrected chi connectivity index (χ0v) is 84.8. The van der Waals surface area contributed by atoms with Crippen LogP contribution >= 0.6 is 12.6 Å². The van der Waals surface area contributed by atoms with E-state index in [9.17, 15) is 141 Å². The number of nitrogens with one attached hydrogen (secondary N) is 23. The van der Waals surface area contributed by atoms with Crippen LogP contribution in [0.2, 0.25) is 0 Å². The first-order valence-electron chi connectivity index (χ1n) is 47.6. The molecule has 0 spiro atoms. The van der Waals surface area contributed by atoms with Gasteiger partial charge in [0.25, 0.3) is 0 Å². The molecule has 40 N–H and O–H groups in total. The molecule has 0 fully saturated rings. The van der Waals surface area contributed by atoms with Crippen LogP contribution < -0.4 is 135 Å². The Labute approximate surface area is 856 Å². The number of guanidine groups is 1. The van der Waals surface area contributed by atoms with Gasteiger partial charge in [-0.05, 0) is 115 Å². The summed E-state index contributed by atoms with van der Waals surface area (Å²) in [5.41, 5.74) is 28.6. The number of hydrogen-bond acceptors (Lipinski definition) is 33. The van der Waals surface area contributed by atoms with E-state index in [-0.39, 0.29) is 56.6 Å². The van der Waals surface area contributed by atoms with Gasteiger partial charge >= 0.3 is 5.97 Å². The number of H-pyrrole nitrogens is 2. The first-order valence-corrected chi connectivity index (χ1v) is 48.3. The van der Waals surface area contributed by atoms with Gasteiger partial charge in [-0.1, -0.05) is 66.2 Å². The lowest BCUT2D eigenvalue weighted by molar-refractivity contribution is -0.142. The number of benzene rings is 1. The second kappa shape index (κ2) is 64.6. The van der Waals surface area contributed by atoms with Crippen LogP contribution in [0, 0.1) is 23.2 Å². The van der Waals surface area contributed by atoms with E-state index < -0.39 is 346 Å². The van der Waals surface area contributed by atoms with Crippen LogP contribution in [-0.4, -0.2) is 365 Å². The van der Waals surface area contributed by atoms with E-state index in [1.54, 1.807) is 31.2 Å². The van der Waals surface area contributed by atoms with Gasteiger partial charge in [0, 0.05) is 61.3 Å². The Hall–Kier alpha value is -14.4. The van der Waals surface area contributed by atoms with E-state index in [1.165, 1.54) is 60.3 Å². The topological polar surface area (TPSA) is 956 Å². The molecule has 0 bridgehead atoms. The van der Waals surface area contributed by atoms with Crippen molar-refractivity contribution in [2.75, 3.05) is 51.8 Å². The van der Waals surface area contributed by atoms with Gasteiger partial charge < -0.3 is 181 Å². The van der Waals surface area contributed by atoms with E-state index in [0.717, 1.165) is 27.7 Å². The van der Waals surface area contributed by atoms with Crippen molar-refractivity contribution in [1.29, 1.82) is 5.41 Å². The van der Waals surface area contributed by atoms with Gasteiger partial charge in [0.1, 0.15) is 115 Å². The van der Waals surface area contributed by atoms with Crippen molar-refractivity contribution in [2.45, 2.75) is 280 Å². The molecule has 2 aromatic heterocycles. The second-order valence-corrected chi connectivity index (χ2v) is 36.2. The molecule has 0 saturated carbocycles. The number of thiol groups is 1. The molecule has 59 heteroatoms. The minimum absolute atomic E-state index is 0.0107. The minimum Gasteiger partial charge on any atom is -0.480 e. The van der Waals surface area contributed by atoms with Crippen LogP contribution in [0.15, 0.2) is 43.0 Å². The molecular weight excluding hydrogens is 1970 g/mol. The van der Waals surface area contributed by atoms with Gasteiger partial charge in [-0.15, -0.1) is 0 Å². The third-order valence-corrected chi connectivity index (χ3v) is 23.4. The fourth-order valence-corrected chi connectivity index (χ4v) is 14.3. The molecule has 826 valence electrons. The Morgan fingerprint density at radius 1 is 0.405 bits per heavy atom. The predicted octanol–water partition coefficient (Wildman–Crippen LogP) is -14.1. The van der Waals surface area contributed by atoms with Crippen LogP contribution in [0.25, 0.3) is 10.9 Å². The molecule has 1 aromatic carbocycles. The number of amides is 21. The number of primary amides is 2. The number of para-hydroxylation sites is 1. The number of carbonyl (C=O) groups excluding carboxylic acids is 21. The van der Waals surface area contributed by atoms with Crippen molar-refractivity contribution in [3.63, 3.8) is 0 Å². The normalized spacial score (nSPS) is 15.7. The fraction of sp³-hybridized carbons (Fsp3) is 0.618. The van der Waals surface area contributed by atoms with Crippen LogP contribution in [-0.2, 0) is 118 Å². The predicted molar refractivity (Wildman–Crippen MR) is 528 cm³/mol. The number of nitrogens with zero attached hydrogens (tertiary/aromatic N) is 1. The third kappa shape index (κ3) is 43.3. The number of aliphatic hydroxyl groups is 6. The monoisotopic (exact) mass is 2120 g/mol. The van der Waals surface area contributed by atoms with E-state index in [1.807, 2.05) is 0 Å². The summed E-state index contributed by atoms with van der Waals surface area (Å²) in [5, 5.41) is 127. The summed E-state index contributed by atoms with van der Waals surface area (Å²) in [6, 6.07) is -24.7. The number of aliphatic hydroxyl groups excluding tert-OH is 6. The van der Waals surface area contributed by atoms with Crippen LogP contribution in [0.1, 0.15) is 152 Å². The first kappa shape index (κ1) is 128. The van der Waals surface area contributed by atoms with Gasteiger partial charge in [0.2, 0.25) is 124 Å². The lowest BCUT2D eigenvalue weighted by Crippen LogP contribution is -2.63. The molecule has 22 atom stereocenters. The number of carboxylic acid groups (broad SMARTS) is 1. The van der Waals surface area contributed by atoms with Gasteiger partial charge in [0.15, 0.2) is 5.96 Å². The van der Waals surface area contributed by atoms with Crippen molar-refractivity contribution in [3.8, 4) is 0 Å². The maximum absolute atomic E-state index is 14.9. The Morgan fingerprint density at radius 2 is 0.784 bits per heavy atom. The summed E-state index contributed by atoms with van der Waals surface area (Å²) in [4.78, 5) is 310. The summed E-state index contributed by atoms with van der Waals surface area (Å²) >= 11 is 4.07. The standard InChI is InChI=1S/C89H145N29O29S/c1-12-41(6)67(116-87(145)69(46(11)124)117-81(139)59(35-121)104-64(127)32-99-73(131)58(34-120)111-70(128)42(7)101-74(132)52(20-15-16-26-90)105-82(140)61(37-148)113-72(130)50(91)33-119)85(143)112-60(36-122)80(138)109-57(29-48-31-96-38-100-48)78(136)107-54(22-24-62(92)125)75(133)102-43(8)71(129)114-66(40(4)5)84(142)118-68(45(10)123)86(144)110-56(28-47-30-98-51-19-14-13-18-49(47)51)79(137)115-65(39(2)3)83(141)108-53(21-17-27-97-89(94)95)77(135)106-55(23-25-63(93)126)76(134)103-44(9)88(146)147/h13-14,18-19,30-31,38-46,50,52-61,65-69,98,119-124,148H,12,15-17,20-29,32-37,90-91H2,1-11H3,(H2,92,125)(H2,93,126)(H,96,100)(H,99,131)(H,101,132)(H,102,133)(H,103,134)(H,104,127)(H,105,140)(H,106,135)(H,107,136)(H,108,141)(H,109,138)(H,110,144)(H,111,128)(H,112,143)(H,113,130)(H,114,129)(H,115,137)(H,116,145)(H,117,139)(H,118,142)(H,146,147)(H4,94,95,97)/t41-,42-,43-,44-,45+,46+,50-,52-,53-,54-,55-,56-,57-,58-,59-,60-,61-,65-,66-,67-,68-,69-/m0/s1. The van der Waals surface area contributed by atoms with Crippen LogP contribution in [0.5, 0.6) is 0 Å². The molecule has 0 radical (unpaired) electrons. The molecule has 2 heterocycles. The number of hydrogen-bond donors (Lipinski definition) is 36. The number of imidazole rings is 1. The highest BCUT2D eigenvalue weighted by molar-refractivity contribution is 7.80. The second-order valence-electron chi connectivity index (χ2n) is 35.8. The molecule has 0 aliphatic heterocycles. The lowest BCUT2D eigenvalue weighted by Gasteiger charge is -2.30. The van der Waals surface area contributed by atoms with Crippen molar-refractivity contribution in [2.24, 2.45) is 46.4 Å². The smallest absolute Gasteiger partial charge is 0.325 e. The van der Waals surface area contributed by atoms with E-state index in [4.69, 9.17) is 34.1 Å². The Kier molecular flexibility index (Phi) is 55.7. The number of aromatic amines is 2. The summed E-state index contributed by atoms with van der Waals surface area (Å²) in [5.74, 6) is -27.6. The van der Waals surface area contributed by atoms with E-state index in [0.29, 0.717) is 29.3 Å². The number of rotatable bonds is 68. The average Bonchev–Trinajstić information content (AvgIpc) is 1.72. The SMILES string of the molecule is CC[C@H](C)[C@H](NC(=O)[C@@H](NC(=O)[C@H](CO)NC(=O)CNC(=O)[C@H](CO)NC(=O)[C@H](C)NC(=O)[C@H](CCCCN)NC(=O)[C@H](CS)NC(=O)[C@@H](N)CO)[C@@H](C)O)C(=O)N[C@@H](CO)C(=O)N[C@@H](Cc1c[nH]cn1)C(=O)N[C@@H](CCC(N)=O)C(=O)N[C@@H](C)C(=O)N[C@H](C(=O)N[C@H](C(=O)N[C@@H](Cc1c[nH]c2ccccc12)C(=O)N[C@H](C(=O)N[C@@H](CCCNC(=N)N)C(=O)N[C@@H](CCC(N)=O)C(=O)N[C@@H](C)C(=O)O)C(C)C)[C@@H](C)O)C(C)C. The maximum atomic E-state index is 14.9. The Balaban J connectivity index is 1.83. The molecule has 3 aromatic rings. The van der Waals surface area contributed by atoms with Gasteiger partial charge in [0.05, 0.1) is 57.2 Å². The number of aliphatic carboxylic acids is 1. The Bertz CT molecular complexity index is 5030. The molecule has 0 aliphatic carbocycles. The number of fused-ring (bicyclic) bond motifs is 1. The third-order valence-electron chi connectivity index (χ3n) is 23.0. The quantitative estimate of drug-likeness (QED) is 0.0108. The average molecular weight is 2120 g/mol. The summed E-state index contributed by atoms with van der Waals surface area (Å²) < 4.78 is 0. The van der Waals surface area contributed by atoms with Crippen molar-refractivity contribution in [3.05, 3.63) is 54.2 Å². The number of carboxylic acids is 1. The van der Waals surface area contributed by atoms with Gasteiger partial charge in [-0.25, -0.2) is 4.98 Å². The largest absolute Gasteiger partial charge is 0.480 e. The maximum Gasteiger partial charge on any atom is 0.325 e. The van der Waals surface area contributed by atoms with Crippen LogP contribution in [0.3, 0.4) is 0 Å². The van der Waals surface area contributed by atoms with Gasteiger partial charge in [-0.2, -0.15) is 12.6 Å². The fourth-order valence-electron chi connectivity index (χ4n) is 14.1. The summed E-state index contributed by atoms with van der Waals surface area (Å²) in [6.07, 6.45) is -1.86. The zero-order chi connectivity index (χ0) is 112. The summed E-state index contributed by atoms with van der Waals surface area (Å²) in [7, 11) is 0. The minimum atomic E-state index is -2.00. The number of unbranched alkanes of at least 4 members (excludes halogenated alkanes) is 1. The van der Waals surface area contributed by atoms with Crippen molar-refractivity contribution < 1.29 is 141 Å². The molecule has 58 nitrogen and oxygen atoms in total.